The van der Waals surface area contributed by atoms with E-state index in [0.29, 0.717) is 16.4 Å². The summed E-state index contributed by atoms with van der Waals surface area (Å²) >= 11 is 7.26. The highest BCUT2D eigenvalue weighted by molar-refractivity contribution is 7.80. The lowest BCUT2D eigenvalue weighted by atomic mass is 10.2. The smallest absolute Gasteiger partial charge is 0.173 e. The zero-order valence-corrected chi connectivity index (χ0v) is 14.7. The van der Waals surface area contributed by atoms with Crippen LogP contribution in [0.1, 0.15) is 10.4 Å². The van der Waals surface area contributed by atoms with Gasteiger partial charge in [-0.1, -0.05) is 12.1 Å². The number of thiocarbonyl (C=S) groups is 1. The third-order valence-corrected chi connectivity index (χ3v) is 5.26. The van der Waals surface area contributed by atoms with Crippen molar-refractivity contribution in [3.8, 4) is 0 Å². The second-order valence-corrected chi connectivity index (χ2v) is 7.16. The number of hydrogen-bond donors (Lipinski definition) is 1. The summed E-state index contributed by atoms with van der Waals surface area (Å²) in [6.45, 7) is 6.53. The quantitative estimate of drug-likeness (QED) is 0.851. The van der Waals surface area contributed by atoms with Crippen molar-refractivity contribution >= 4 is 34.4 Å². The number of rotatable bonds is 3. The highest BCUT2D eigenvalue weighted by atomic mass is 32.1. The minimum Gasteiger partial charge on any atom is -0.346 e. The molecular weight excluding hydrogens is 329 g/mol. The van der Waals surface area contributed by atoms with Crippen molar-refractivity contribution in [3.63, 3.8) is 0 Å². The molecule has 2 heterocycles. The van der Waals surface area contributed by atoms with Crippen LogP contribution in [-0.4, -0.2) is 41.1 Å². The first kappa shape index (κ1) is 16.4. The number of nitrogens with zero attached hydrogens (tertiary/aromatic N) is 2. The molecule has 1 aliphatic heterocycles. The molecule has 1 aromatic heterocycles. The Morgan fingerprint density at radius 1 is 1.26 bits per heavy atom. The second-order valence-electron chi connectivity index (χ2n) is 5.74. The summed E-state index contributed by atoms with van der Waals surface area (Å²) < 4.78 is 13.6. The molecule has 1 N–H and O–H groups in total. The van der Waals surface area contributed by atoms with Gasteiger partial charge in [-0.25, -0.2) is 4.39 Å². The summed E-state index contributed by atoms with van der Waals surface area (Å²) in [5.41, 5.74) is 1.35. The third kappa shape index (κ3) is 4.28. The number of halogens is 1. The Kier molecular flexibility index (Phi) is 5.25. The molecule has 0 atom stereocenters. The average Bonchev–Trinajstić information content (AvgIpc) is 3.04. The van der Waals surface area contributed by atoms with Gasteiger partial charge >= 0.3 is 0 Å². The topological polar surface area (TPSA) is 18.5 Å². The summed E-state index contributed by atoms with van der Waals surface area (Å²) in [4.78, 5) is 5.99. The van der Waals surface area contributed by atoms with E-state index in [-0.39, 0.29) is 5.82 Å². The van der Waals surface area contributed by atoms with Gasteiger partial charge in [-0.3, -0.25) is 4.90 Å². The predicted molar refractivity (Wildman–Crippen MR) is 98.5 cm³/mol. The van der Waals surface area contributed by atoms with Crippen LogP contribution in [0.2, 0.25) is 0 Å². The molecule has 0 aliphatic carbocycles. The van der Waals surface area contributed by atoms with Crippen LogP contribution in [0.4, 0.5) is 10.1 Å². The van der Waals surface area contributed by atoms with Crippen LogP contribution < -0.4 is 5.32 Å². The van der Waals surface area contributed by atoms with E-state index < -0.39 is 0 Å². The molecule has 1 saturated heterocycles. The summed E-state index contributed by atoms with van der Waals surface area (Å²) in [6.07, 6.45) is 0. The number of anilines is 1. The number of benzene rings is 1. The fraction of sp³-hybridized carbons (Fsp3) is 0.353. The average molecular weight is 350 g/mol. The molecule has 2 aromatic rings. The van der Waals surface area contributed by atoms with Gasteiger partial charge in [0.05, 0.1) is 0 Å². The molecule has 122 valence electrons. The maximum Gasteiger partial charge on any atom is 0.173 e. The first-order valence-electron chi connectivity index (χ1n) is 7.68. The van der Waals surface area contributed by atoms with Crippen molar-refractivity contribution in [3.05, 3.63) is 52.0 Å². The number of piperazine rings is 1. The lowest BCUT2D eigenvalue weighted by molar-refractivity contribution is 0.178. The monoisotopic (exact) mass is 349 g/mol. The molecule has 0 unspecified atom stereocenters. The van der Waals surface area contributed by atoms with E-state index in [0.717, 1.165) is 32.7 Å². The maximum absolute atomic E-state index is 13.6. The largest absolute Gasteiger partial charge is 0.346 e. The summed E-state index contributed by atoms with van der Waals surface area (Å²) in [5.74, 6) is -0.210. The SMILES string of the molecule is Cc1ccc(NC(=S)N2CCN(Cc3cccs3)CC2)cc1F. The predicted octanol–water partition coefficient (Wildman–Crippen LogP) is 3.71. The van der Waals surface area contributed by atoms with Crippen LogP contribution in [0, 0.1) is 12.7 Å². The van der Waals surface area contributed by atoms with E-state index >= 15 is 0 Å². The Bertz CT molecular complexity index is 664. The zero-order valence-electron chi connectivity index (χ0n) is 13.1. The van der Waals surface area contributed by atoms with Gasteiger partial charge < -0.3 is 10.2 Å². The fourth-order valence-electron chi connectivity index (χ4n) is 2.61. The minimum atomic E-state index is -0.210. The van der Waals surface area contributed by atoms with Gasteiger partial charge in [0.1, 0.15) is 5.82 Å². The van der Waals surface area contributed by atoms with Crippen molar-refractivity contribution in [2.45, 2.75) is 13.5 Å². The van der Waals surface area contributed by atoms with Crippen molar-refractivity contribution in [2.75, 3.05) is 31.5 Å². The molecule has 0 saturated carbocycles. The van der Waals surface area contributed by atoms with Gasteiger partial charge in [-0.2, -0.15) is 0 Å². The van der Waals surface area contributed by atoms with Crippen molar-refractivity contribution in [2.24, 2.45) is 0 Å². The van der Waals surface area contributed by atoms with E-state index in [9.17, 15) is 4.39 Å². The summed E-state index contributed by atoms with van der Waals surface area (Å²) in [5, 5.41) is 5.93. The molecule has 0 radical (unpaired) electrons. The van der Waals surface area contributed by atoms with Gasteiger partial charge in [0.2, 0.25) is 0 Å². The number of thiophene rings is 1. The normalized spacial score (nSPS) is 15.7. The van der Waals surface area contributed by atoms with Crippen LogP contribution in [-0.2, 0) is 6.54 Å². The first-order chi connectivity index (χ1) is 11.1. The molecule has 3 rings (SSSR count). The Morgan fingerprint density at radius 2 is 2.04 bits per heavy atom. The molecule has 3 nitrogen and oxygen atoms in total. The van der Waals surface area contributed by atoms with Gasteiger partial charge in [0, 0.05) is 43.3 Å². The van der Waals surface area contributed by atoms with Crippen LogP contribution in [0.3, 0.4) is 0 Å². The summed E-state index contributed by atoms with van der Waals surface area (Å²) in [6, 6.07) is 9.39. The first-order valence-corrected chi connectivity index (χ1v) is 8.97. The molecule has 1 aromatic carbocycles. The van der Waals surface area contributed by atoms with Crippen molar-refractivity contribution in [1.82, 2.24) is 9.80 Å². The zero-order chi connectivity index (χ0) is 16.2. The molecular formula is C17H20FN3S2. The van der Waals surface area contributed by atoms with Crippen LogP contribution in [0.25, 0.3) is 0 Å². The molecule has 0 spiro atoms. The summed E-state index contributed by atoms with van der Waals surface area (Å²) in [7, 11) is 0. The molecule has 1 aliphatic rings. The molecule has 0 bridgehead atoms. The Hall–Kier alpha value is -1.50. The van der Waals surface area contributed by atoms with Gasteiger partial charge in [-0.15, -0.1) is 11.3 Å². The lowest BCUT2D eigenvalue weighted by Crippen LogP contribution is -2.49. The van der Waals surface area contributed by atoms with Crippen molar-refractivity contribution < 1.29 is 4.39 Å². The number of nitrogens with one attached hydrogen (secondary N) is 1. The van der Waals surface area contributed by atoms with E-state index in [1.165, 1.54) is 10.9 Å². The fourth-order valence-corrected chi connectivity index (χ4v) is 3.65. The lowest BCUT2D eigenvalue weighted by Gasteiger charge is -2.36. The Balaban J connectivity index is 1.50. The van der Waals surface area contributed by atoms with Crippen LogP contribution in [0.15, 0.2) is 35.7 Å². The highest BCUT2D eigenvalue weighted by Gasteiger charge is 2.19. The molecule has 23 heavy (non-hydrogen) atoms. The van der Waals surface area contributed by atoms with E-state index in [2.05, 4.69) is 32.6 Å². The number of hydrogen-bond acceptors (Lipinski definition) is 3. The maximum atomic E-state index is 13.6. The highest BCUT2D eigenvalue weighted by Crippen LogP contribution is 2.16. The molecule has 0 amide bonds. The van der Waals surface area contributed by atoms with E-state index in [4.69, 9.17) is 12.2 Å². The van der Waals surface area contributed by atoms with Crippen LogP contribution >= 0.6 is 23.6 Å². The van der Waals surface area contributed by atoms with Gasteiger partial charge in [-0.05, 0) is 48.3 Å². The van der Waals surface area contributed by atoms with Gasteiger partial charge in [0.25, 0.3) is 0 Å². The number of aryl methyl sites for hydroxylation is 1. The van der Waals surface area contributed by atoms with Crippen LogP contribution in [0.5, 0.6) is 0 Å². The van der Waals surface area contributed by atoms with Gasteiger partial charge in [0.15, 0.2) is 5.11 Å². The van der Waals surface area contributed by atoms with Crippen molar-refractivity contribution in [1.29, 1.82) is 0 Å². The van der Waals surface area contributed by atoms with E-state index in [1.54, 1.807) is 24.3 Å². The second kappa shape index (κ2) is 7.38. The standard InChI is InChI=1S/C17H20FN3S2/c1-13-4-5-14(11-16(13)18)19-17(22)21-8-6-20(7-9-21)12-15-3-2-10-23-15/h2-5,10-11H,6-9,12H2,1H3,(H,19,22). The third-order valence-electron chi connectivity index (χ3n) is 4.04. The Morgan fingerprint density at radius 3 is 2.70 bits per heavy atom. The molecule has 6 heteroatoms. The minimum absolute atomic E-state index is 0.210. The van der Waals surface area contributed by atoms with E-state index in [1.807, 2.05) is 6.07 Å². The Labute approximate surface area is 145 Å². The molecule has 1 fully saturated rings.